The number of hydrogen-bond donors (Lipinski definition) is 1. The molecule has 2 heterocycles. The van der Waals surface area contributed by atoms with Crippen molar-refractivity contribution in [1.82, 2.24) is 19.9 Å². The molecule has 1 saturated heterocycles. The van der Waals surface area contributed by atoms with Gasteiger partial charge in [-0.2, -0.15) is 0 Å². The van der Waals surface area contributed by atoms with Gasteiger partial charge in [0.1, 0.15) is 12.1 Å². The van der Waals surface area contributed by atoms with Crippen LogP contribution in [0.4, 0.5) is 0 Å². The fraction of sp³-hybridized carbons (Fsp3) is 0.750. The van der Waals surface area contributed by atoms with Crippen LogP contribution in [0.15, 0.2) is 6.20 Å². The summed E-state index contributed by atoms with van der Waals surface area (Å²) in [5, 5.41) is 18.2. The van der Waals surface area contributed by atoms with Crippen molar-refractivity contribution in [3.8, 4) is 0 Å². The Balaban J connectivity index is 1.84. The maximum atomic E-state index is 13.1. The smallest absolute Gasteiger partial charge is 0.328 e. The molecule has 1 amide bonds. The molecule has 2 fully saturated rings. The van der Waals surface area contributed by atoms with Gasteiger partial charge in [-0.25, -0.2) is 9.48 Å². The van der Waals surface area contributed by atoms with Crippen molar-refractivity contribution in [2.24, 2.45) is 5.92 Å². The molecule has 1 aromatic heterocycles. The lowest BCUT2D eigenvalue weighted by Gasteiger charge is -2.29. The van der Waals surface area contributed by atoms with E-state index in [1.165, 1.54) is 12.0 Å². The van der Waals surface area contributed by atoms with E-state index in [1.807, 2.05) is 20.0 Å². The molecular weight excluding hydrogens is 312 g/mol. The molecular formula is C16H24N4O4. The van der Waals surface area contributed by atoms with Crippen LogP contribution < -0.4 is 0 Å². The summed E-state index contributed by atoms with van der Waals surface area (Å²) in [7, 11) is 1.29. The third-order valence-corrected chi connectivity index (χ3v) is 4.73. The van der Waals surface area contributed by atoms with Crippen molar-refractivity contribution in [1.29, 1.82) is 0 Å². The second-order valence-corrected chi connectivity index (χ2v) is 7.01. The summed E-state index contributed by atoms with van der Waals surface area (Å²) in [6.45, 7) is 3.99. The van der Waals surface area contributed by atoms with Gasteiger partial charge in [0.2, 0.25) is 5.91 Å². The summed E-state index contributed by atoms with van der Waals surface area (Å²) in [6, 6.07) is -1.30. The van der Waals surface area contributed by atoms with Gasteiger partial charge in [-0.3, -0.25) is 4.79 Å². The first-order chi connectivity index (χ1) is 11.4. The van der Waals surface area contributed by atoms with Crippen LogP contribution in [-0.2, 0) is 14.3 Å². The van der Waals surface area contributed by atoms with Gasteiger partial charge in [-0.15, -0.1) is 5.10 Å². The van der Waals surface area contributed by atoms with Gasteiger partial charge in [0.15, 0.2) is 0 Å². The molecule has 2 unspecified atom stereocenters. The van der Waals surface area contributed by atoms with E-state index in [4.69, 9.17) is 4.74 Å². The zero-order chi connectivity index (χ0) is 17.4. The Hall–Kier alpha value is -1.96. The van der Waals surface area contributed by atoms with E-state index < -0.39 is 24.2 Å². The van der Waals surface area contributed by atoms with Crippen molar-refractivity contribution in [3.05, 3.63) is 11.9 Å². The quantitative estimate of drug-likeness (QED) is 0.786. The number of carbonyl (C=O) groups is 2. The Kier molecular flexibility index (Phi) is 4.58. The monoisotopic (exact) mass is 336 g/mol. The van der Waals surface area contributed by atoms with Crippen molar-refractivity contribution in [2.45, 2.75) is 57.2 Å². The number of esters is 1. The Labute approximate surface area is 140 Å². The zero-order valence-electron chi connectivity index (χ0n) is 14.3. The highest BCUT2D eigenvalue weighted by Gasteiger charge is 2.43. The predicted molar refractivity (Wildman–Crippen MR) is 84.0 cm³/mol. The molecule has 1 N–H and O–H groups in total. The number of β-amino-alcohol motifs (C(OH)–C–C–N with tert-alkyl or cyclic N) is 1. The van der Waals surface area contributed by atoms with E-state index in [0.717, 1.165) is 18.5 Å². The third-order valence-electron chi connectivity index (χ3n) is 4.73. The number of carbonyl (C=O) groups excluding carboxylic acids is 2. The summed E-state index contributed by atoms with van der Waals surface area (Å²) in [5.74, 6) is -0.302. The Morgan fingerprint density at radius 2 is 2.08 bits per heavy atom. The number of nitrogens with zero attached hydrogens (tertiary/aromatic N) is 4. The Morgan fingerprint density at radius 1 is 1.38 bits per heavy atom. The first kappa shape index (κ1) is 16.9. The maximum Gasteiger partial charge on any atom is 0.328 e. The number of methoxy groups -OCH3 is 1. The van der Waals surface area contributed by atoms with Gasteiger partial charge in [0.05, 0.1) is 18.9 Å². The maximum absolute atomic E-state index is 13.1. The SMILES string of the molecule is COC(=O)C1CC(O)CN1C(=O)[C@H](C(C)C)n1cc(C2CC2)nn1. The largest absolute Gasteiger partial charge is 0.467 e. The molecule has 8 heteroatoms. The number of rotatable bonds is 5. The standard InChI is InChI=1S/C16H24N4O4/c1-9(2)14(20-8-12(17-18-20)10-4-5-10)15(22)19-7-11(21)6-13(19)16(23)24-3/h8-11,13-14,21H,4-7H2,1-3H3/t11?,13?,14-/m0/s1. The predicted octanol–water partition coefficient (Wildman–Crippen LogP) is 0.487. The summed E-state index contributed by atoms with van der Waals surface area (Å²) >= 11 is 0. The number of aromatic nitrogens is 3. The highest BCUT2D eigenvalue weighted by molar-refractivity contribution is 5.87. The number of ether oxygens (including phenoxy) is 1. The molecule has 2 aliphatic rings. The molecule has 3 rings (SSSR count). The second-order valence-electron chi connectivity index (χ2n) is 7.01. The molecule has 132 valence electrons. The number of aliphatic hydroxyl groups excluding tert-OH is 1. The highest BCUT2D eigenvalue weighted by atomic mass is 16.5. The van der Waals surface area contributed by atoms with Gasteiger partial charge < -0.3 is 14.7 Å². The van der Waals surface area contributed by atoms with E-state index in [0.29, 0.717) is 5.92 Å². The van der Waals surface area contributed by atoms with Crippen LogP contribution in [0.5, 0.6) is 0 Å². The van der Waals surface area contributed by atoms with Crippen LogP contribution in [0.3, 0.4) is 0 Å². The first-order valence-electron chi connectivity index (χ1n) is 8.40. The summed E-state index contributed by atoms with van der Waals surface area (Å²) in [6.07, 6.45) is 3.54. The van der Waals surface area contributed by atoms with Gasteiger partial charge in [0, 0.05) is 25.1 Å². The molecule has 24 heavy (non-hydrogen) atoms. The van der Waals surface area contributed by atoms with Crippen LogP contribution in [0, 0.1) is 5.92 Å². The highest BCUT2D eigenvalue weighted by Crippen LogP contribution is 2.39. The molecule has 0 aromatic carbocycles. The minimum absolute atomic E-state index is 0.0257. The van der Waals surface area contributed by atoms with E-state index in [9.17, 15) is 14.7 Å². The van der Waals surface area contributed by atoms with E-state index in [1.54, 1.807) is 4.68 Å². The molecule has 8 nitrogen and oxygen atoms in total. The van der Waals surface area contributed by atoms with Crippen LogP contribution in [-0.4, -0.2) is 62.7 Å². The number of hydrogen-bond acceptors (Lipinski definition) is 6. The average molecular weight is 336 g/mol. The summed E-state index contributed by atoms with van der Waals surface area (Å²) in [4.78, 5) is 26.4. The zero-order valence-corrected chi connectivity index (χ0v) is 14.3. The van der Waals surface area contributed by atoms with Gasteiger partial charge in [-0.1, -0.05) is 19.1 Å². The number of aliphatic hydroxyl groups is 1. The van der Waals surface area contributed by atoms with E-state index in [-0.39, 0.29) is 24.8 Å². The van der Waals surface area contributed by atoms with Crippen LogP contribution in [0.2, 0.25) is 0 Å². The van der Waals surface area contributed by atoms with Crippen molar-refractivity contribution >= 4 is 11.9 Å². The molecule has 0 radical (unpaired) electrons. The topological polar surface area (TPSA) is 97.6 Å². The van der Waals surface area contributed by atoms with Crippen molar-refractivity contribution < 1.29 is 19.4 Å². The minimum Gasteiger partial charge on any atom is -0.467 e. The summed E-state index contributed by atoms with van der Waals surface area (Å²) < 4.78 is 6.37. The number of amides is 1. The fourth-order valence-corrected chi connectivity index (χ4v) is 3.28. The third kappa shape index (κ3) is 3.15. The fourth-order valence-electron chi connectivity index (χ4n) is 3.28. The van der Waals surface area contributed by atoms with Gasteiger partial charge in [-0.05, 0) is 18.8 Å². The normalized spacial score (nSPS) is 25.1. The van der Waals surface area contributed by atoms with E-state index >= 15 is 0 Å². The minimum atomic E-state index is -0.745. The van der Waals surface area contributed by atoms with Crippen molar-refractivity contribution in [2.75, 3.05) is 13.7 Å². The second kappa shape index (κ2) is 6.51. The molecule has 1 aliphatic carbocycles. The molecule has 1 aromatic rings. The van der Waals surface area contributed by atoms with E-state index in [2.05, 4.69) is 10.3 Å². The Bertz CT molecular complexity index is 625. The number of likely N-dealkylation sites (tertiary alicyclic amines) is 1. The molecule has 3 atom stereocenters. The van der Waals surface area contributed by atoms with Crippen LogP contribution >= 0.6 is 0 Å². The van der Waals surface area contributed by atoms with Gasteiger partial charge >= 0.3 is 5.97 Å². The lowest BCUT2D eigenvalue weighted by atomic mass is 10.0. The first-order valence-corrected chi connectivity index (χ1v) is 8.40. The van der Waals surface area contributed by atoms with Crippen LogP contribution in [0.25, 0.3) is 0 Å². The lowest BCUT2D eigenvalue weighted by molar-refractivity contribution is -0.152. The molecule has 1 aliphatic heterocycles. The van der Waals surface area contributed by atoms with Crippen molar-refractivity contribution in [3.63, 3.8) is 0 Å². The van der Waals surface area contributed by atoms with Gasteiger partial charge in [0.25, 0.3) is 0 Å². The molecule has 1 saturated carbocycles. The molecule has 0 spiro atoms. The molecule has 0 bridgehead atoms. The summed E-state index contributed by atoms with van der Waals surface area (Å²) in [5.41, 5.74) is 0.916. The Morgan fingerprint density at radius 3 is 2.67 bits per heavy atom. The lowest BCUT2D eigenvalue weighted by Crippen LogP contribution is -2.46. The van der Waals surface area contributed by atoms with Crippen LogP contribution in [0.1, 0.15) is 50.8 Å². The average Bonchev–Trinajstić information content (AvgIpc) is 3.15.